The molecule has 0 spiro atoms. The SMILES string of the molecule is COC(=O)CNC(=O)[C@@H]1CC[C@H](CN)O1.Cl. The zero-order chi connectivity index (χ0) is 11.3. The predicted octanol–water partition coefficient (Wildman–Crippen LogP) is -0.796. The van der Waals surface area contributed by atoms with E-state index in [1.165, 1.54) is 7.11 Å². The molecule has 1 saturated heterocycles. The number of carbonyl (C=O) groups is 2. The summed E-state index contributed by atoms with van der Waals surface area (Å²) in [6.45, 7) is 0.295. The molecule has 0 aromatic heterocycles. The van der Waals surface area contributed by atoms with Gasteiger partial charge in [-0.05, 0) is 12.8 Å². The van der Waals surface area contributed by atoms with Crippen LogP contribution in [0.3, 0.4) is 0 Å². The fourth-order valence-electron chi connectivity index (χ4n) is 1.42. The Hall–Kier alpha value is -0.850. The van der Waals surface area contributed by atoms with Crippen LogP contribution in [0.1, 0.15) is 12.8 Å². The molecule has 0 aromatic rings. The largest absolute Gasteiger partial charge is 0.468 e. The Labute approximate surface area is 100 Å². The Bertz CT molecular complexity index is 250. The summed E-state index contributed by atoms with van der Waals surface area (Å²) in [5.41, 5.74) is 5.41. The quantitative estimate of drug-likeness (QED) is 0.640. The van der Waals surface area contributed by atoms with Gasteiger partial charge in [-0.15, -0.1) is 12.4 Å². The topological polar surface area (TPSA) is 90.7 Å². The maximum absolute atomic E-state index is 11.4. The molecule has 1 rings (SSSR count). The second-order valence-electron chi connectivity index (χ2n) is 3.35. The van der Waals surface area contributed by atoms with Crippen LogP contribution in [0.5, 0.6) is 0 Å². The van der Waals surface area contributed by atoms with Crippen LogP contribution in [0.15, 0.2) is 0 Å². The van der Waals surface area contributed by atoms with Gasteiger partial charge in [0, 0.05) is 6.54 Å². The number of nitrogens with two attached hydrogens (primary N) is 1. The van der Waals surface area contributed by atoms with Crippen molar-refractivity contribution in [2.75, 3.05) is 20.2 Å². The van der Waals surface area contributed by atoms with Gasteiger partial charge in [0.05, 0.1) is 13.2 Å². The summed E-state index contributed by atoms with van der Waals surface area (Å²) in [7, 11) is 1.27. The summed E-state index contributed by atoms with van der Waals surface area (Å²) in [4.78, 5) is 22.2. The Morgan fingerprint density at radius 2 is 2.19 bits per heavy atom. The van der Waals surface area contributed by atoms with Gasteiger partial charge < -0.3 is 20.5 Å². The molecule has 0 aliphatic carbocycles. The molecule has 2 atom stereocenters. The van der Waals surface area contributed by atoms with E-state index in [0.29, 0.717) is 13.0 Å². The van der Waals surface area contributed by atoms with Crippen molar-refractivity contribution in [3.63, 3.8) is 0 Å². The zero-order valence-corrected chi connectivity index (χ0v) is 9.92. The number of hydrogen-bond acceptors (Lipinski definition) is 5. The molecule has 0 saturated carbocycles. The van der Waals surface area contributed by atoms with Gasteiger partial charge in [-0.1, -0.05) is 0 Å². The van der Waals surface area contributed by atoms with Gasteiger partial charge in [-0.25, -0.2) is 0 Å². The lowest BCUT2D eigenvalue weighted by Gasteiger charge is -2.11. The highest BCUT2D eigenvalue weighted by molar-refractivity contribution is 5.85. The van der Waals surface area contributed by atoms with Crippen molar-refractivity contribution in [2.45, 2.75) is 25.0 Å². The summed E-state index contributed by atoms with van der Waals surface area (Å²) >= 11 is 0. The first-order valence-corrected chi connectivity index (χ1v) is 4.87. The highest BCUT2D eigenvalue weighted by Gasteiger charge is 2.29. The van der Waals surface area contributed by atoms with Crippen LogP contribution in [-0.2, 0) is 19.1 Å². The monoisotopic (exact) mass is 252 g/mol. The van der Waals surface area contributed by atoms with Crippen molar-refractivity contribution in [3.8, 4) is 0 Å². The van der Waals surface area contributed by atoms with Gasteiger partial charge in [0.1, 0.15) is 12.6 Å². The molecule has 1 aliphatic rings. The number of ether oxygens (including phenoxy) is 2. The van der Waals surface area contributed by atoms with Crippen molar-refractivity contribution in [2.24, 2.45) is 5.73 Å². The summed E-state index contributed by atoms with van der Waals surface area (Å²) in [6.07, 6.45) is 0.906. The van der Waals surface area contributed by atoms with Crippen molar-refractivity contribution in [1.82, 2.24) is 5.32 Å². The van der Waals surface area contributed by atoms with E-state index in [9.17, 15) is 9.59 Å². The molecular formula is C9H17ClN2O4. The maximum Gasteiger partial charge on any atom is 0.325 e. The van der Waals surface area contributed by atoms with Crippen LogP contribution in [0.25, 0.3) is 0 Å². The second-order valence-corrected chi connectivity index (χ2v) is 3.35. The lowest BCUT2D eigenvalue weighted by molar-refractivity contribution is -0.142. The molecule has 0 radical (unpaired) electrons. The first-order chi connectivity index (χ1) is 7.17. The highest BCUT2D eigenvalue weighted by Crippen LogP contribution is 2.18. The maximum atomic E-state index is 11.4. The lowest BCUT2D eigenvalue weighted by atomic mass is 10.2. The van der Waals surface area contributed by atoms with E-state index >= 15 is 0 Å². The van der Waals surface area contributed by atoms with Crippen molar-refractivity contribution in [1.29, 1.82) is 0 Å². The van der Waals surface area contributed by atoms with Crippen LogP contribution in [0.4, 0.5) is 0 Å². The molecular weight excluding hydrogens is 236 g/mol. The van der Waals surface area contributed by atoms with E-state index in [-0.39, 0.29) is 31.0 Å². The van der Waals surface area contributed by atoms with E-state index in [1.54, 1.807) is 0 Å². The molecule has 1 aliphatic heterocycles. The number of carbonyl (C=O) groups excluding carboxylic acids is 2. The average Bonchev–Trinajstić information content (AvgIpc) is 2.73. The van der Waals surface area contributed by atoms with E-state index < -0.39 is 12.1 Å². The minimum absolute atomic E-state index is 0. The van der Waals surface area contributed by atoms with Crippen LogP contribution in [0.2, 0.25) is 0 Å². The first kappa shape index (κ1) is 15.2. The fourth-order valence-corrected chi connectivity index (χ4v) is 1.42. The van der Waals surface area contributed by atoms with Gasteiger partial charge in [-0.3, -0.25) is 9.59 Å². The molecule has 1 amide bonds. The van der Waals surface area contributed by atoms with Gasteiger partial charge in [0.25, 0.3) is 0 Å². The smallest absolute Gasteiger partial charge is 0.325 e. The zero-order valence-electron chi connectivity index (χ0n) is 9.10. The number of hydrogen-bond donors (Lipinski definition) is 2. The molecule has 6 nitrogen and oxygen atoms in total. The third-order valence-corrected chi connectivity index (χ3v) is 2.30. The Kier molecular flexibility index (Phi) is 7.03. The van der Waals surface area contributed by atoms with E-state index in [0.717, 1.165) is 6.42 Å². The predicted molar refractivity (Wildman–Crippen MR) is 59.2 cm³/mol. The second kappa shape index (κ2) is 7.43. The van der Waals surface area contributed by atoms with Crippen LogP contribution in [-0.4, -0.2) is 44.3 Å². The van der Waals surface area contributed by atoms with Gasteiger partial charge in [0.15, 0.2) is 0 Å². The molecule has 0 bridgehead atoms. The molecule has 1 fully saturated rings. The molecule has 7 heteroatoms. The third-order valence-electron chi connectivity index (χ3n) is 2.30. The van der Waals surface area contributed by atoms with Gasteiger partial charge in [-0.2, -0.15) is 0 Å². The Balaban J connectivity index is 0.00000225. The average molecular weight is 253 g/mol. The molecule has 16 heavy (non-hydrogen) atoms. The Morgan fingerprint density at radius 1 is 1.50 bits per heavy atom. The van der Waals surface area contributed by atoms with Crippen molar-refractivity contribution in [3.05, 3.63) is 0 Å². The molecule has 0 unspecified atom stereocenters. The van der Waals surface area contributed by atoms with Gasteiger partial charge in [0.2, 0.25) is 5.91 Å². The summed E-state index contributed by atoms with van der Waals surface area (Å²) < 4.78 is 9.74. The number of halogens is 1. The summed E-state index contributed by atoms with van der Waals surface area (Å²) in [5, 5.41) is 2.44. The molecule has 94 valence electrons. The minimum atomic E-state index is -0.483. The van der Waals surface area contributed by atoms with E-state index in [2.05, 4.69) is 10.1 Å². The van der Waals surface area contributed by atoms with Gasteiger partial charge >= 0.3 is 5.97 Å². The van der Waals surface area contributed by atoms with Crippen LogP contribution >= 0.6 is 12.4 Å². The summed E-state index contributed by atoms with van der Waals surface area (Å²) in [5.74, 6) is -0.756. The van der Waals surface area contributed by atoms with E-state index in [1.807, 2.05) is 0 Å². The van der Waals surface area contributed by atoms with Crippen molar-refractivity contribution >= 4 is 24.3 Å². The van der Waals surface area contributed by atoms with E-state index in [4.69, 9.17) is 10.5 Å². The molecule has 3 N–H and O–H groups in total. The first-order valence-electron chi connectivity index (χ1n) is 4.87. The number of rotatable bonds is 4. The van der Waals surface area contributed by atoms with Crippen molar-refractivity contribution < 1.29 is 19.1 Å². The standard InChI is InChI=1S/C9H16N2O4.ClH/c1-14-8(12)5-11-9(13)7-3-2-6(4-10)15-7;/h6-7H,2-5,10H2,1H3,(H,11,13);1H/t6-,7+;/m1./s1. The summed E-state index contributed by atoms with van der Waals surface area (Å²) in [6, 6.07) is 0. The number of methoxy groups -OCH3 is 1. The number of esters is 1. The molecule has 1 heterocycles. The Morgan fingerprint density at radius 3 is 2.69 bits per heavy atom. The molecule has 0 aromatic carbocycles. The highest BCUT2D eigenvalue weighted by atomic mass is 35.5. The fraction of sp³-hybridized carbons (Fsp3) is 0.778. The van der Waals surface area contributed by atoms with Crippen LogP contribution < -0.4 is 11.1 Å². The van der Waals surface area contributed by atoms with Crippen LogP contribution in [0, 0.1) is 0 Å². The lowest BCUT2D eigenvalue weighted by Crippen LogP contribution is -2.38. The number of amides is 1. The number of nitrogens with one attached hydrogen (secondary N) is 1. The minimum Gasteiger partial charge on any atom is -0.468 e. The normalized spacial score (nSPS) is 23.4. The third kappa shape index (κ3) is 4.34.